The molecule has 4 heteroatoms. The Morgan fingerprint density at radius 2 is 2.21 bits per heavy atom. The minimum atomic E-state index is -0.612. The number of aliphatic hydroxyl groups is 1. The molecule has 1 aliphatic carbocycles. The molecule has 0 amide bonds. The summed E-state index contributed by atoms with van der Waals surface area (Å²) < 4.78 is 19.4. The fourth-order valence-electron chi connectivity index (χ4n) is 3.49. The molecular formula is C15H18FNO2. The number of hydrogen-bond acceptors (Lipinski definition) is 3. The van der Waals surface area contributed by atoms with Crippen LogP contribution in [0.1, 0.15) is 37.4 Å². The quantitative estimate of drug-likeness (QED) is 0.843. The Labute approximate surface area is 112 Å². The van der Waals surface area contributed by atoms with Gasteiger partial charge in [0.1, 0.15) is 17.2 Å². The number of aliphatic hydroxyl groups excluding tert-OH is 1. The van der Waals surface area contributed by atoms with Crippen molar-refractivity contribution >= 4 is 0 Å². The van der Waals surface area contributed by atoms with E-state index in [-0.39, 0.29) is 11.4 Å². The summed E-state index contributed by atoms with van der Waals surface area (Å²) in [5, 5.41) is 10.3. The summed E-state index contributed by atoms with van der Waals surface area (Å²) in [7, 11) is 0. The van der Waals surface area contributed by atoms with Crippen molar-refractivity contribution in [3.8, 4) is 5.75 Å². The summed E-state index contributed by atoms with van der Waals surface area (Å²) in [5.41, 5.74) is 0.322. The average Bonchev–Trinajstić information content (AvgIpc) is 3.15. The molecule has 2 aliphatic heterocycles. The molecule has 19 heavy (non-hydrogen) atoms. The molecule has 0 aromatic heterocycles. The van der Waals surface area contributed by atoms with Crippen LogP contribution in [0.3, 0.4) is 0 Å². The third-order valence-electron chi connectivity index (χ3n) is 4.63. The summed E-state index contributed by atoms with van der Waals surface area (Å²) in [6.45, 7) is 1.94. The lowest BCUT2D eigenvalue weighted by molar-refractivity contribution is -0.00786. The van der Waals surface area contributed by atoms with Gasteiger partial charge < -0.3 is 9.84 Å². The Kier molecular flexibility index (Phi) is 2.42. The molecule has 1 unspecified atom stereocenters. The first-order valence-corrected chi connectivity index (χ1v) is 7.06. The van der Waals surface area contributed by atoms with E-state index in [4.69, 9.17) is 4.74 Å². The molecule has 0 bridgehead atoms. The smallest absolute Gasteiger partial charge is 0.126 e. The standard InChI is InChI=1S/C15H18FNO2/c16-10-1-4-14-12(7-10)13(18)8-15(19-14)5-6-17(9-15)11-2-3-11/h1,4,7,11,13,18H,2-3,5-6,8-9H2/t13-,15?/m1/s1. The molecule has 1 N–H and O–H groups in total. The molecule has 2 atom stereocenters. The zero-order chi connectivity index (χ0) is 13.0. The molecule has 3 nitrogen and oxygen atoms in total. The van der Waals surface area contributed by atoms with Crippen LogP contribution in [0.4, 0.5) is 4.39 Å². The Morgan fingerprint density at radius 1 is 1.37 bits per heavy atom. The number of nitrogens with zero attached hydrogens (tertiary/aromatic N) is 1. The molecule has 1 saturated heterocycles. The van der Waals surface area contributed by atoms with E-state index >= 15 is 0 Å². The van der Waals surface area contributed by atoms with E-state index in [0.717, 1.165) is 25.6 Å². The highest BCUT2D eigenvalue weighted by atomic mass is 19.1. The SMILES string of the molecule is O[C@@H]1CC2(CCN(C3CC3)C2)Oc2ccc(F)cc21. The van der Waals surface area contributed by atoms with Crippen molar-refractivity contribution in [2.45, 2.75) is 43.4 Å². The predicted octanol–water partition coefficient (Wildman–Crippen LogP) is 2.25. The summed E-state index contributed by atoms with van der Waals surface area (Å²) >= 11 is 0. The van der Waals surface area contributed by atoms with Crippen molar-refractivity contribution in [2.24, 2.45) is 0 Å². The van der Waals surface area contributed by atoms with Gasteiger partial charge in [0.2, 0.25) is 0 Å². The highest BCUT2D eigenvalue weighted by Crippen LogP contribution is 2.45. The minimum Gasteiger partial charge on any atom is -0.485 e. The van der Waals surface area contributed by atoms with Crippen LogP contribution in [0, 0.1) is 5.82 Å². The van der Waals surface area contributed by atoms with Crippen LogP contribution in [0.25, 0.3) is 0 Å². The van der Waals surface area contributed by atoms with Gasteiger partial charge in [-0.25, -0.2) is 4.39 Å². The van der Waals surface area contributed by atoms with Gasteiger partial charge in [-0.15, -0.1) is 0 Å². The van der Waals surface area contributed by atoms with E-state index in [1.54, 1.807) is 6.07 Å². The van der Waals surface area contributed by atoms with Crippen LogP contribution >= 0.6 is 0 Å². The van der Waals surface area contributed by atoms with Gasteiger partial charge in [-0.3, -0.25) is 4.90 Å². The van der Waals surface area contributed by atoms with Crippen molar-refractivity contribution in [1.29, 1.82) is 0 Å². The Balaban J connectivity index is 1.62. The second-order valence-corrected chi connectivity index (χ2v) is 6.14. The molecule has 1 saturated carbocycles. The number of fused-ring (bicyclic) bond motifs is 1. The second kappa shape index (κ2) is 3.93. The van der Waals surface area contributed by atoms with Crippen LogP contribution in [-0.4, -0.2) is 34.7 Å². The monoisotopic (exact) mass is 263 g/mol. The van der Waals surface area contributed by atoms with Crippen molar-refractivity contribution in [3.05, 3.63) is 29.6 Å². The number of rotatable bonds is 1. The Hall–Kier alpha value is -1.13. The van der Waals surface area contributed by atoms with Gasteiger partial charge in [-0.2, -0.15) is 0 Å². The first-order valence-electron chi connectivity index (χ1n) is 7.06. The molecule has 1 spiro atoms. The molecule has 1 aromatic rings. The minimum absolute atomic E-state index is 0.271. The maximum atomic E-state index is 13.2. The van der Waals surface area contributed by atoms with E-state index in [1.165, 1.54) is 25.0 Å². The zero-order valence-electron chi connectivity index (χ0n) is 10.8. The Bertz CT molecular complexity index is 517. The lowest BCUT2D eigenvalue weighted by Gasteiger charge is -2.38. The Morgan fingerprint density at radius 3 is 3.00 bits per heavy atom. The number of halogens is 1. The van der Waals surface area contributed by atoms with E-state index < -0.39 is 6.10 Å². The van der Waals surface area contributed by atoms with Gasteiger partial charge in [0, 0.05) is 37.5 Å². The number of benzene rings is 1. The number of hydrogen-bond donors (Lipinski definition) is 1. The van der Waals surface area contributed by atoms with Crippen LogP contribution in [0.15, 0.2) is 18.2 Å². The van der Waals surface area contributed by atoms with E-state index in [9.17, 15) is 9.50 Å². The molecule has 4 rings (SSSR count). The maximum Gasteiger partial charge on any atom is 0.126 e. The average molecular weight is 263 g/mol. The third-order valence-corrected chi connectivity index (χ3v) is 4.63. The van der Waals surface area contributed by atoms with Crippen LogP contribution in [0.5, 0.6) is 5.75 Å². The fourth-order valence-corrected chi connectivity index (χ4v) is 3.49. The van der Waals surface area contributed by atoms with E-state index in [2.05, 4.69) is 4.90 Å². The second-order valence-electron chi connectivity index (χ2n) is 6.14. The van der Waals surface area contributed by atoms with Gasteiger partial charge in [0.05, 0.1) is 6.10 Å². The number of ether oxygens (including phenoxy) is 1. The third kappa shape index (κ3) is 1.94. The zero-order valence-corrected chi connectivity index (χ0v) is 10.8. The normalized spacial score (nSPS) is 34.3. The first-order chi connectivity index (χ1) is 9.15. The molecular weight excluding hydrogens is 245 g/mol. The van der Waals surface area contributed by atoms with E-state index in [0.29, 0.717) is 17.7 Å². The summed E-state index contributed by atoms with van der Waals surface area (Å²) in [6.07, 6.45) is 3.50. The molecule has 0 radical (unpaired) electrons. The van der Waals surface area contributed by atoms with Gasteiger partial charge in [-0.05, 0) is 31.0 Å². The van der Waals surface area contributed by atoms with Gasteiger partial charge in [0.15, 0.2) is 0 Å². The highest BCUT2D eigenvalue weighted by molar-refractivity contribution is 5.39. The summed E-state index contributed by atoms with van der Waals surface area (Å²) in [5.74, 6) is 0.334. The van der Waals surface area contributed by atoms with Gasteiger partial charge >= 0.3 is 0 Å². The topological polar surface area (TPSA) is 32.7 Å². The lowest BCUT2D eigenvalue weighted by Crippen LogP contribution is -2.44. The predicted molar refractivity (Wildman–Crippen MR) is 68.5 cm³/mol. The molecule has 1 aromatic carbocycles. The summed E-state index contributed by atoms with van der Waals surface area (Å²) in [6, 6.07) is 5.17. The van der Waals surface area contributed by atoms with Crippen molar-refractivity contribution in [1.82, 2.24) is 4.90 Å². The van der Waals surface area contributed by atoms with Crippen molar-refractivity contribution in [2.75, 3.05) is 13.1 Å². The largest absolute Gasteiger partial charge is 0.485 e. The van der Waals surface area contributed by atoms with Gasteiger partial charge in [0.25, 0.3) is 0 Å². The first kappa shape index (κ1) is 11.7. The lowest BCUT2D eigenvalue weighted by atomic mass is 9.88. The van der Waals surface area contributed by atoms with E-state index in [1.807, 2.05) is 0 Å². The van der Waals surface area contributed by atoms with Crippen LogP contribution < -0.4 is 4.74 Å². The maximum absolute atomic E-state index is 13.2. The summed E-state index contributed by atoms with van der Waals surface area (Å²) in [4.78, 5) is 2.47. The van der Waals surface area contributed by atoms with Crippen LogP contribution in [-0.2, 0) is 0 Å². The van der Waals surface area contributed by atoms with Crippen LogP contribution in [0.2, 0.25) is 0 Å². The van der Waals surface area contributed by atoms with Crippen molar-refractivity contribution < 1.29 is 14.2 Å². The molecule has 2 heterocycles. The number of likely N-dealkylation sites (tertiary alicyclic amines) is 1. The fraction of sp³-hybridized carbons (Fsp3) is 0.600. The van der Waals surface area contributed by atoms with Gasteiger partial charge in [-0.1, -0.05) is 0 Å². The highest BCUT2D eigenvalue weighted by Gasteiger charge is 2.48. The molecule has 2 fully saturated rings. The van der Waals surface area contributed by atoms with Crippen molar-refractivity contribution in [3.63, 3.8) is 0 Å². The molecule has 3 aliphatic rings. The molecule has 102 valence electrons.